The number of hydrogen-bond acceptors (Lipinski definition) is 5. The van der Waals surface area contributed by atoms with E-state index in [1.165, 1.54) is 5.56 Å². The lowest BCUT2D eigenvalue weighted by molar-refractivity contribution is 0.102. The Morgan fingerprint density at radius 2 is 2.00 bits per heavy atom. The summed E-state index contributed by atoms with van der Waals surface area (Å²) in [5.74, 6) is 0.380. The minimum Gasteiger partial charge on any atom is -0.321 e. The van der Waals surface area contributed by atoms with Crippen LogP contribution in [-0.2, 0) is 6.54 Å². The summed E-state index contributed by atoms with van der Waals surface area (Å²) in [5, 5.41) is 6.95. The first-order valence-corrected chi connectivity index (χ1v) is 8.15. The maximum Gasteiger partial charge on any atom is 0.269 e. The fraction of sp³-hybridized carbons (Fsp3) is 0.438. The van der Waals surface area contributed by atoms with E-state index in [9.17, 15) is 4.79 Å². The molecule has 6 heteroatoms. The van der Waals surface area contributed by atoms with Gasteiger partial charge in [-0.25, -0.2) is 0 Å². The molecule has 1 aromatic carbocycles. The van der Waals surface area contributed by atoms with Crippen molar-refractivity contribution in [2.24, 2.45) is 0 Å². The van der Waals surface area contributed by atoms with E-state index in [4.69, 9.17) is 0 Å². The first-order valence-electron chi connectivity index (χ1n) is 7.38. The number of amides is 1. The van der Waals surface area contributed by atoms with E-state index in [0.29, 0.717) is 23.0 Å². The molecule has 0 aliphatic heterocycles. The molecule has 0 aliphatic rings. The van der Waals surface area contributed by atoms with Gasteiger partial charge in [-0.05, 0) is 55.7 Å². The van der Waals surface area contributed by atoms with Crippen molar-refractivity contribution in [3.63, 3.8) is 0 Å². The van der Waals surface area contributed by atoms with Gasteiger partial charge in [-0.15, -0.1) is 5.10 Å². The quantitative estimate of drug-likeness (QED) is 0.887. The predicted molar refractivity (Wildman–Crippen MR) is 90.4 cm³/mol. The highest BCUT2D eigenvalue weighted by molar-refractivity contribution is 7.08. The molecule has 0 aliphatic carbocycles. The van der Waals surface area contributed by atoms with E-state index < -0.39 is 0 Å². The lowest BCUT2D eigenvalue weighted by Gasteiger charge is -2.11. The second-order valence-corrected chi connectivity index (χ2v) is 6.43. The number of anilines is 1. The van der Waals surface area contributed by atoms with Gasteiger partial charge in [-0.1, -0.05) is 30.5 Å². The number of nitrogens with one attached hydrogen (secondary N) is 1. The molecule has 0 fully saturated rings. The van der Waals surface area contributed by atoms with Gasteiger partial charge in [0.2, 0.25) is 0 Å². The first-order chi connectivity index (χ1) is 10.5. The van der Waals surface area contributed by atoms with Crippen LogP contribution in [0.25, 0.3) is 0 Å². The van der Waals surface area contributed by atoms with Crippen molar-refractivity contribution in [2.75, 3.05) is 19.4 Å². The monoisotopic (exact) mass is 318 g/mol. The van der Waals surface area contributed by atoms with Crippen LogP contribution in [0.5, 0.6) is 0 Å². The lowest BCUT2D eigenvalue weighted by Crippen LogP contribution is -2.17. The Labute approximate surface area is 135 Å². The highest BCUT2D eigenvalue weighted by atomic mass is 32.1. The first kappa shape index (κ1) is 16.6. The molecule has 0 saturated carbocycles. The SMILES string of the molecule is CCC(C)c1ccc(NC(=O)c2snnc2CN(C)C)cc1. The highest BCUT2D eigenvalue weighted by Gasteiger charge is 2.17. The van der Waals surface area contributed by atoms with Crippen molar-refractivity contribution in [3.8, 4) is 0 Å². The van der Waals surface area contributed by atoms with Gasteiger partial charge in [-0.2, -0.15) is 0 Å². The third kappa shape index (κ3) is 4.11. The Hall–Kier alpha value is -1.79. The minimum absolute atomic E-state index is 0.150. The minimum atomic E-state index is -0.150. The van der Waals surface area contributed by atoms with Crippen LogP contribution in [0.1, 0.15) is 47.1 Å². The van der Waals surface area contributed by atoms with Crippen LogP contribution in [0, 0.1) is 0 Å². The Balaban J connectivity index is 2.07. The summed E-state index contributed by atoms with van der Waals surface area (Å²) in [6.07, 6.45) is 1.10. The molecule has 1 heterocycles. The third-order valence-electron chi connectivity index (χ3n) is 3.58. The van der Waals surface area contributed by atoms with Gasteiger partial charge in [-0.3, -0.25) is 4.79 Å². The van der Waals surface area contributed by atoms with Crippen molar-refractivity contribution in [1.29, 1.82) is 0 Å². The van der Waals surface area contributed by atoms with Crippen molar-refractivity contribution < 1.29 is 4.79 Å². The van der Waals surface area contributed by atoms with Crippen LogP contribution in [-0.4, -0.2) is 34.5 Å². The number of carbonyl (C=O) groups excluding carboxylic acids is 1. The van der Waals surface area contributed by atoms with Crippen LogP contribution in [0.3, 0.4) is 0 Å². The van der Waals surface area contributed by atoms with Crippen molar-refractivity contribution in [2.45, 2.75) is 32.7 Å². The molecule has 22 heavy (non-hydrogen) atoms. The van der Waals surface area contributed by atoms with Gasteiger partial charge in [0, 0.05) is 12.2 Å². The number of aromatic nitrogens is 2. The second-order valence-electron chi connectivity index (χ2n) is 5.67. The summed E-state index contributed by atoms with van der Waals surface area (Å²) in [5.41, 5.74) is 2.79. The number of carbonyl (C=O) groups is 1. The van der Waals surface area contributed by atoms with E-state index in [2.05, 4.69) is 40.9 Å². The van der Waals surface area contributed by atoms with Gasteiger partial charge in [0.25, 0.3) is 5.91 Å². The summed E-state index contributed by atoms with van der Waals surface area (Å²) in [4.78, 5) is 14.9. The Bertz CT molecular complexity index is 621. The number of nitrogens with zero attached hydrogens (tertiary/aromatic N) is 3. The van der Waals surface area contributed by atoms with Gasteiger partial charge >= 0.3 is 0 Å². The molecule has 1 amide bonds. The van der Waals surface area contributed by atoms with Crippen LogP contribution in [0.15, 0.2) is 24.3 Å². The van der Waals surface area contributed by atoms with Crippen molar-refractivity contribution in [1.82, 2.24) is 14.5 Å². The predicted octanol–water partition coefficient (Wildman–Crippen LogP) is 3.37. The van der Waals surface area contributed by atoms with Gasteiger partial charge < -0.3 is 10.2 Å². The summed E-state index contributed by atoms with van der Waals surface area (Å²) in [6.45, 7) is 4.97. The molecular weight excluding hydrogens is 296 g/mol. The average Bonchev–Trinajstić information content (AvgIpc) is 2.94. The zero-order chi connectivity index (χ0) is 16.1. The molecule has 1 atom stereocenters. The van der Waals surface area contributed by atoms with E-state index >= 15 is 0 Å². The van der Waals surface area contributed by atoms with Crippen LogP contribution < -0.4 is 5.32 Å². The van der Waals surface area contributed by atoms with E-state index in [0.717, 1.165) is 23.6 Å². The topological polar surface area (TPSA) is 58.1 Å². The Morgan fingerprint density at radius 3 is 2.59 bits per heavy atom. The summed E-state index contributed by atoms with van der Waals surface area (Å²) in [6, 6.07) is 8.02. The zero-order valence-corrected chi connectivity index (χ0v) is 14.3. The largest absolute Gasteiger partial charge is 0.321 e. The van der Waals surface area contributed by atoms with E-state index in [-0.39, 0.29) is 5.91 Å². The maximum absolute atomic E-state index is 12.4. The van der Waals surface area contributed by atoms with Gasteiger partial charge in [0.15, 0.2) is 0 Å². The Kier molecular flexibility index (Phi) is 5.63. The molecule has 118 valence electrons. The second kappa shape index (κ2) is 7.47. The fourth-order valence-electron chi connectivity index (χ4n) is 2.10. The smallest absolute Gasteiger partial charge is 0.269 e. The maximum atomic E-state index is 12.4. The molecule has 0 bridgehead atoms. The number of benzene rings is 1. The molecule has 1 aromatic heterocycles. The molecule has 0 radical (unpaired) electrons. The van der Waals surface area contributed by atoms with Crippen LogP contribution in [0.4, 0.5) is 5.69 Å². The van der Waals surface area contributed by atoms with Gasteiger partial charge in [0.05, 0.1) is 0 Å². The average molecular weight is 318 g/mol. The van der Waals surface area contributed by atoms with Crippen LogP contribution in [0.2, 0.25) is 0 Å². The normalized spacial score (nSPS) is 12.4. The molecule has 2 rings (SSSR count). The summed E-state index contributed by atoms with van der Waals surface area (Å²) in [7, 11) is 3.88. The zero-order valence-electron chi connectivity index (χ0n) is 13.5. The van der Waals surface area contributed by atoms with Crippen molar-refractivity contribution >= 4 is 23.1 Å². The molecule has 1 N–H and O–H groups in total. The number of rotatable bonds is 6. The third-order valence-corrected chi connectivity index (χ3v) is 4.34. The fourth-order valence-corrected chi connectivity index (χ4v) is 2.67. The highest BCUT2D eigenvalue weighted by Crippen LogP contribution is 2.21. The molecule has 1 unspecified atom stereocenters. The lowest BCUT2D eigenvalue weighted by atomic mass is 9.99. The number of hydrogen-bond donors (Lipinski definition) is 1. The Morgan fingerprint density at radius 1 is 1.32 bits per heavy atom. The molecule has 0 spiro atoms. The van der Waals surface area contributed by atoms with E-state index in [1.807, 2.05) is 31.1 Å². The molecular formula is C16H22N4OS. The summed E-state index contributed by atoms with van der Waals surface area (Å²) >= 11 is 1.13. The van der Waals surface area contributed by atoms with Crippen LogP contribution >= 0.6 is 11.5 Å². The summed E-state index contributed by atoms with van der Waals surface area (Å²) < 4.78 is 3.89. The van der Waals surface area contributed by atoms with Crippen molar-refractivity contribution in [3.05, 3.63) is 40.4 Å². The van der Waals surface area contributed by atoms with Gasteiger partial charge in [0.1, 0.15) is 10.6 Å². The van der Waals surface area contributed by atoms with E-state index in [1.54, 1.807) is 0 Å². The standard InChI is InChI=1S/C16H22N4OS/c1-5-11(2)12-6-8-13(9-7-12)17-16(21)15-14(10-20(3)4)18-19-22-15/h6-9,11H,5,10H2,1-4H3,(H,17,21). The molecule has 2 aromatic rings. The molecule has 0 saturated heterocycles. The molecule has 5 nitrogen and oxygen atoms in total.